The standard InChI is InChI=1S/C11H11N3O2S.C7H6O3/c12-9-4-6-10(7-5-9)17(15,16)14-11-3-1-2-8-13-11;8-6-4-2-1-3-5(6)7(9)10/h1-8H,12H2,(H,13,14);1-4,8H,(H,9,10). The van der Waals surface area contributed by atoms with Crippen molar-refractivity contribution in [1.29, 1.82) is 0 Å². The fraction of sp³-hybridized carbons (Fsp3) is 0. The number of rotatable bonds is 4. The van der Waals surface area contributed by atoms with Gasteiger partial charge in [0.1, 0.15) is 17.1 Å². The lowest BCUT2D eigenvalue weighted by atomic mass is 10.2. The zero-order valence-electron chi connectivity index (χ0n) is 14.0. The maximum atomic E-state index is 11.9. The van der Waals surface area contributed by atoms with Gasteiger partial charge >= 0.3 is 5.97 Å². The van der Waals surface area contributed by atoms with Gasteiger partial charge in [-0.25, -0.2) is 18.2 Å². The summed E-state index contributed by atoms with van der Waals surface area (Å²) in [6.45, 7) is 0. The highest BCUT2D eigenvalue weighted by molar-refractivity contribution is 7.92. The average molecular weight is 387 g/mol. The van der Waals surface area contributed by atoms with Crippen molar-refractivity contribution in [1.82, 2.24) is 4.98 Å². The maximum absolute atomic E-state index is 11.9. The van der Waals surface area contributed by atoms with E-state index in [4.69, 9.17) is 15.9 Å². The molecule has 5 N–H and O–H groups in total. The highest BCUT2D eigenvalue weighted by Gasteiger charge is 2.13. The van der Waals surface area contributed by atoms with Crippen LogP contribution in [0, 0.1) is 0 Å². The molecule has 0 aliphatic rings. The van der Waals surface area contributed by atoms with Gasteiger partial charge in [0.25, 0.3) is 10.0 Å². The van der Waals surface area contributed by atoms with Gasteiger partial charge in [-0.3, -0.25) is 4.72 Å². The number of nitrogens with one attached hydrogen (secondary N) is 1. The molecule has 27 heavy (non-hydrogen) atoms. The molecule has 2 aromatic carbocycles. The van der Waals surface area contributed by atoms with E-state index in [2.05, 4.69) is 9.71 Å². The summed E-state index contributed by atoms with van der Waals surface area (Å²) in [5, 5.41) is 17.3. The van der Waals surface area contributed by atoms with E-state index in [1.165, 1.54) is 42.6 Å². The Labute approximate surface area is 156 Å². The van der Waals surface area contributed by atoms with Crippen molar-refractivity contribution < 1.29 is 23.4 Å². The van der Waals surface area contributed by atoms with Gasteiger partial charge in [-0.05, 0) is 48.5 Å². The van der Waals surface area contributed by atoms with Crippen LogP contribution in [0.3, 0.4) is 0 Å². The van der Waals surface area contributed by atoms with Crippen LogP contribution in [0.1, 0.15) is 10.4 Å². The highest BCUT2D eigenvalue weighted by atomic mass is 32.2. The van der Waals surface area contributed by atoms with Gasteiger partial charge in [0.2, 0.25) is 0 Å². The van der Waals surface area contributed by atoms with E-state index in [0.29, 0.717) is 5.69 Å². The smallest absolute Gasteiger partial charge is 0.339 e. The Hall–Kier alpha value is -3.59. The van der Waals surface area contributed by atoms with E-state index in [0.717, 1.165) is 0 Å². The largest absolute Gasteiger partial charge is 0.507 e. The Bertz CT molecular complexity index is 1010. The Morgan fingerprint density at radius 1 is 0.963 bits per heavy atom. The SMILES string of the molecule is Nc1ccc(S(=O)(=O)Nc2ccccn2)cc1.O=C(O)c1ccccc1O. The van der Waals surface area contributed by atoms with Gasteiger partial charge in [-0.15, -0.1) is 0 Å². The molecular formula is C18H17N3O5S. The zero-order valence-corrected chi connectivity index (χ0v) is 14.8. The summed E-state index contributed by atoms with van der Waals surface area (Å²) in [6, 6.07) is 16.8. The minimum atomic E-state index is -3.60. The lowest BCUT2D eigenvalue weighted by Gasteiger charge is -2.06. The summed E-state index contributed by atoms with van der Waals surface area (Å²) in [4.78, 5) is 14.3. The molecule has 0 fully saturated rings. The number of benzene rings is 2. The first-order chi connectivity index (χ1) is 12.8. The molecule has 1 aromatic heterocycles. The van der Waals surface area contributed by atoms with Crippen molar-refractivity contribution in [2.24, 2.45) is 0 Å². The summed E-state index contributed by atoms with van der Waals surface area (Å²) < 4.78 is 26.2. The monoisotopic (exact) mass is 387 g/mol. The number of nitrogen functional groups attached to an aromatic ring is 1. The molecule has 140 valence electrons. The molecule has 0 saturated heterocycles. The molecule has 8 nitrogen and oxygen atoms in total. The van der Waals surface area contributed by atoms with Crippen LogP contribution in [-0.4, -0.2) is 29.6 Å². The third kappa shape index (κ3) is 5.72. The van der Waals surface area contributed by atoms with Gasteiger partial charge in [-0.1, -0.05) is 18.2 Å². The first-order valence-corrected chi connectivity index (χ1v) is 9.08. The number of carboxylic acid groups (broad SMARTS) is 1. The van der Waals surface area contributed by atoms with E-state index in [1.54, 1.807) is 30.3 Å². The van der Waals surface area contributed by atoms with Crippen molar-refractivity contribution >= 4 is 27.5 Å². The maximum Gasteiger partial charge on any atom is 0.339 e. The number of nitrogens with two attached hydrogens (primary N) is 1. The number of hydrogen-bond donors (Lipinski definition) is 4. The van der Waals surface area contributed by atoms with E-state index in [-0.39, 0.29) is 22.0 Å². The quantitative estimate of drug-likeness (QED) is 0.504. The fourth-order valence-corrected chi connectivity index (χ4v) is 2.93. The normalized spacial score (nSPS) is 10.4. The number of hydrogen-bond acceptors (Lipinski definition) is 6. The Morgan fingerprint density at radius 2 is 1.59 bits per heavy atom. The van der Waals surface area contributed by atoms with Crippen LogP contribution in [0.4, 0.5) is 11.5 Å². The molecule has 0 atom stereocenters. The van der Waals surface area contributed by atoms with Crippen LogP contribution in [0.25, 0.3) is 0 Å². The molecule has 0 aliphatic carbocycles. The summed E-state index contributed by atoms with van der Waals surface area (Å²) in [7, 11) is -3.60. The number of anilines is 2. The van der Waals surface area contributed by atoms with Crippen LogP contribution in [0.15, 0.2) is 77.8 Å². The lowest BCUT2D eigenvalue weighted by Crippen LogP contribution is -2.13. The topological polar surface area (TPSA) is 143 Å². The predicted octanol–water partition coefficient (Wildman–Crippen LogP) is 2.56. The molecule has 9 heteroatoms. The van der Waals surface area contributed by atoms with Gasteiger partial charge in [0.05, 0.1) is 4.90 Å². The second-order valence-electron chi connectivity index (χ2n) is 5.21. The molecular weight excluding hydrogens is 370 g/mol. The summed E-state index contributed by atoms with van der Waals surface area (Å²) in [5.74, 6) is -1.03. The number of aromatic carboxylic acids is 1. The third-order valence-corrected chi connectivity index (χ3v) is 4.60. The number of aromatic hydroxyl groups is 1. The summed E-state index contributed by atoms with van der Waals surface area (Å²) in [5.41, 5.74) is 5.94. The lowest BCUT2D eigenvalue weighted by molar-refractivity contribution is 0.0693. The van der Waals surface area contributed by atoms with Crippen molar-refractivity contribution in [3.63, 3.8) is 0 Å². The van der Waals surface area contributed by atoms with Gasteiger partial charge < -0.3 is 15.9 Å². The number of sulfonamides is 1. The number of pyridine rings is 1. The Balaban J connectivity index is 0.000000223. The van der Waals surface area contributed by atoms with Gasteiger partial charge in [-0.2, -0.15) is 0 Å². The molecule has 0 bridgehead atoms. The molecule has 3 rings (SSSR count). The van der Waals surface area contributed by atoms with E-state index in [1.807, 2.05) is 0 Å². The predicted molar refractivity (Wildman–Crippen MR) is 101 cm³/mol. The highest BCUT2D eigenvalue weighted by Crippen LogP contribution is 2.15. The Morgan fingerprint density at radius 3 is 2.11 bits per heavy atom. The molecule has 0 radical (unpaired) electrons. The minimum Gasteiger partial charge on any atom is -0.507 e. The van der Waals surface area contributed by atoms with Crippen molar-refractivity contribution in [3.8, 4) is 5.75 Å². The first-order valence-electron chi connectivity index (χ1n) is 7.60. The molecule has 0 spiro atoms. The molecule has 0 unspecified atom stereocenters. The first kappa shape index (κ1) is 19.7. The number of carboxylic acids is 1. The van der Waals surface area contributed by atoms with Crippen LogP contribution in [-0.2, 0) is 10.0 Å². The third-order valence-electron chi connectivity index (χ3n) is 3.23. The average Bonchev–Trinajstić information content (AvgIpc) is 2.63. The molecule has 3 aromatic rings. The zero-order chi connectivity index (χ0) is 19.9. The number of para-hydroxylation sites is 1. The van der Waals surface area contributed by atoms with Crippen LogP contribution in [0.5, 0.6) is 5.75 Å². The fourth-order valence-electron chi connectivity index (χ4n) is 1.92. The van der Waals surface area contributed by atoms with Crippen LogP contribution >= 0.6 is 0 Å². The van der Waals surface area contributed by atoms with Crippen molar-refractivity contribution in [2.75, 3.05) is 10.5 Å². The molecule has 0 aliphatic heterocycles. The number of nitrogens with zero attached hydrogens (tertiary/aromatic N) is 1. The summed E-state index contributed by atoms with van der Waals surface area (Å²) >= 11 is 0. The number of aromatic nitrogens is 1. The number of phenols is 1. The van der Waals surface area contributed by atoms with E-state index < -0.39 is 16.0 Å². The van der Waals surface area contributed by atoms with Gasteiger partial charge in [0.15, 0.2) is 0 Å². The Kier molecular flexibility index (Phi) is 6.34. The molecule has 0 amide bonds. The second-order valence-corrected chi connectivity index (χ2v) is 6.89. The summed E-state index contributed by atoms with van der Waals surface area (Å²) in [6.07, 6.45) is 1.51. The van der Waals surface area contributed by atoms with Crippen molar-refractivity contribution in [3.05, 3.63) is 78.5 Å². The van der Waals surface area contributed by atoms with Gasteiger partial charge in [0, 0.05) is 11.9 Å². The van der Waals surface area contributed by atoms with Crippen LogP contribution in [0.2, 0.25) is 0 Å². The van der Waals surface area contributed by atoms with E-state index in [9.17, 15) is 13.2 Å². The number of carbonyl (C=O) groups is 1. The minimum absolute atomic E-state index is 0.0671. The second kappa shape index (κ2) is 8.68. The van der Waals surface area contributed by atoms with Crippen LogP contribution < -0.4 is 10.5 Å². The van der Waals surface area contributed by atoms with Crippen molar-refractivity contribution in [2.45, 2.75) is 4.90 Å². The molecule has 0 saturated carbocycles. The molecule has 1 heterocycles. The van der Waals surface area contributed by atoms with E-state index >= 15 is 0 Å².